The van der Waals surface area contributed by atoms with Gasteiger partial charge in [-0.3, -0.25) is 4.99 Å². The molecule has 0 radical (unpaired) electrons. The molecule has 0 aromatic heterocycles. The van der Waals surface area contributed by atoms with Gasteiger partial charge in [-0.05, 0) is 18.3 Å². The summed E-state index contributed by atoms with van der Waals surface area (Å²) in [6.45, 7) is 6.45. The molecule has 1 saturated carbocycles. The van der Waals surface area contributed by atoms with Gasteiger partial charge in [0, 0.05) is 0 Å². The van der Waals surface area contributed by atoms with E-state index in [0.29, 0.717) is 0 Å². The van der Waals surface area contributed by atoms with Gasteiger partial charge >= 0.3 is 5.97 Å². The first-order valence-corrected chi connectivity index (χ1v) is 5.66. The summed E-state index contributed by atoms with van der Waals surface area (Å²) in [4.78, 5) is 14.9. The second-order valence-electron chi connectivity index (χ2n) is 5.44. The third kappa shape index (κ3) is 2.80. The second kappa shape index (κ2) is 4.33. The van der Waals surface area contributed by atoms with E-state index in [0.717, 1.165) is 31.9 Å². The maximum Gasteiger partial charge on any atom is 0.346 e. The van der Waals surface area contributed by atoms with Crippen LogP contribution in [-0.2, 0) is 4.79 Å². The van der Waals surface area contributed by atoms with Crippen LogP contribution in [0.2, 0.25) is 0 Å². The van der Waals surface area contributed by atoms with E-state index in [9.17, 15) is 4.79 Å². The SMILES string of the molecule is CC(C)(C)C1(N=CC(=O)O)CCCCC1. The molecule has 0 saturated heterocycles. The van der Waals surface area contributed by atoms with Gasteiger partial charge in [0.2, 0.25) is 0 Å². The van der Waals surface area contributed by atoms with Crippen LogP contribution in [0.1, 0.15) is 52.9 Å². The summed E-state index contributed by atoms with van der Waals surface area (Å²) in [7, 11) is 0. The van der Waals surface area contributed by atoms with Crippen molar-refractivity contribution in [2.45, 2.75) is 58.4 Å². The van der Waals surface area contributed by atoms with Crippen molar-refractivity contribution in [1.29, 1.82) is 0 Å². The standard InChI is InChI=1S/C12H21NO2/c1-11(2,3)12(13-9-10(14)15)7-5-4-6-8-12/h9H,4-8H2,1-3H3,(H,14,15). The van der Waals surface area contributed by atoms with Crippen molar-refractivity contribution in [3.8, 4) is 0 Å². The maximum absolute atomic E-state index is 10.6. The molecule has 0 aliphatic heterocycles. The Kier molecular flexibility index (Phi) is 3.53. The van der Waals surface area contributed by atoms with Gasteiger partial charge in [-0.1, -0.05) is 40.0 Å². The van der Waals surface area contributed by atoms with Crippen molar-refractivity contribution in [3.05, 3.63) is 0 Å². The lowest BCUT2D eigenvalue weighted by Gasteiger charge is -2.44. The molecule has 1 aliphatic carbocycles. The number of rotatable bonds is 2. The Balaban J connectivity index is 2.90. The zero-order valence-corrected chi connectivity index (χ0v) is 9.92. The highest BCUT2D eigenvalue weighted by molar-refractivity contribution is 6.22. The lowest BCUT2D eigenvalue weighted by atomic mass is 9.66. The fraction of sp³-hybridized carbons (Fsp3) is 0.833. The van der Waals surface area contributed by atoms with Crippen LogP contribution in [0, 0.1) is 5.41 Å². The highest BCUT2D eigenvalue weighted by Crippen LogP contribution is 2.44. The average Bonchev–Trinajstić information content (AvgIpc) is 2.14. The Bertz CT molecular complexity index is 257. The number of hydrogen-bond acceptors (Lipinski definition) is 2. The molecule has 15 heavy (non-hydrogen) atoms. The van der Waals surface area contributed by atoms with Crippen LogP contribution in [0.25, 0.3) is 0 Å². The summed E-state index contributed by atoms with van der Waals surface area (Å²) in [5.41, 5.74) is -0.122. The fourth-order valence-corrected chi connectivity index (χ4v) is 2.39. The molecule has 0 atom stereocenters. The maximum atomic E-state index is 10.6. The van der Waals surface area contributed by atoms with E-state index in [4.69, 9.17) is 5.11 Å². The van der Waals surface area contributed by atoms with Crippen LogP contribution < -0.4 is 0 Å². The highest BCUT2D eigenvalue weighted by Gasteiger charge is 2.42. The molecule has 86 valence electrons. The van der Waals surface area contributed by atoms with E-state index < -0.39 is 5.97 Å². The molecule has 0 aromatic carbocycles. The lowest BCUT2D eigenvalue weighted by molar-refractivity contribution is -0.128. The highest BCUT2D eigenvalue weighted by atomic mass is 16.4. The Labute approximate surface area is 91.6 Å². The predicted molar refractivity (Wildman–Crippen MR) is 61.4 cm³/mol. The van der Waals surface area contributed by atoms with Crippen molar-refractivity contribution >= 4 is 12.2 Å². The molecule has 0 heterocycles. The zero-order valence-electron chi connectivity index (χ0n) is 9.92. The number of carboxylic acid groups (broad SMARTS) is 1. The summed E-state index contributed by atoms with van der Waals surface area (Å²) < 4.78 is 0. The average molecular weight is 211 g/mol. The fourth-order valence-electron chi connectivity index (χ4n) is 2.39. The Morgan fingerprint density at radius 3 is 2.20 bits per heavy atom. The Hall–Kier alpha value is -0.860. The van der Waals surface area contributed by atoms with Gasteiger partial charge in [-0.2, -0.15) is 0 Å². The smallest absolute Gasteiger partial charge is 0.346 e. The molecule has 3 nitrogen and oxygen atoms in total. The van der Waals surface area contributed by atoms with Gasteiger partial charge in [-0.25, -0.2) is 4.79 Å². The first-order chi connectivity index (χ1) is 6.87. The molecule has 3 heteroatoms. The second-order valence-corrected chi connectivity index (χ2v) is 5.44. The van der Waals surface area contributed by atoms with E-state index in [1.165, 1.54) is 6.42 Å². The van der Waals surface area contributed by atoms with Crippen LogP contribution in [0.5, 0.6) is 0 Å². The van der Waals surface area contributed by atoms with E-state index in [1.807, 2.05) is 0 Å². The van der Waals surface area contributed by atoms with Gasteiger partial charge in [0.25, 0.3) is 0 Å². The molecule has 0 bridgehead atoms. The first-order valence-electron chi connectivity index (χ1n) is 5.66. The Morgan fingerprint density at radius 2 is 1.80 bits per heavy atom. The molecule has 1 rings (SSSR count). The first kappa shape index (κ1) is 12.2. The summed E-state index contributed by atoms with van der Waals surface area (Å²) in [5.74, 6) is -0.941. The summed E-state index contributed by atoms with van der Waals surface area (Å²) in [6.07, 6.45) is 6.68. The molecule has 1 N–H and O–H groups in total. The quantitative estimate of drug-likeness (QED) is 0.714. The minimum absolute atomic E-state index is 0.0410. The van der Waals surface area contributed by atoms with Gasteiger partial charge in [0.15, 0.2) is 0 Å². The Morgan fingerprint density at radius 1 is 1.27 bits per heavy atom. The topological polar surface area (TPSA) is 49.7 Å². The number of carbonyl (C=O) groups is 1. The number of aliphatic imine (C=N–C) groups is 1. The van der Waals surface area contributed by atoms with Crippen LogP contribution in [0.4, 0.5) is 0 Å². The van der Waals surface area contributed by atoms with Crippen LogP contribution in [0.3, 0.4) is 0 Å². The minimum atomic E-state index is -0.941. The number of hydrogen-bond donors (Lipinski definition) is 1. The summed E-state index contributed by atoms with van der Waals surface area (Å²) in [5, 5.41) is 8.67. The van der Waals surface area contributed by atoms with Crippen molar-refractivity contribution in [2.24, 2.45) is 10.4 Å². The normalized spacial score (nSPS) is 21.8. The largest absolute Gasteiger partial charge is 0.477 e. The number of nitrogens with zero attached hydrogens (tertiary/aromatic N) is 1. The van der Waals surface area contributed by atoms with Crippen molar-refractivity contribution in [1.82, 2.24) is 0 Å². The molecule has 1 fully saturated rings. The van der Waals surface area contributed by atoms with Gasteiger partial charge in [-0.15, -0.1) is 0 Å². The monoisotopic (exact) mass is 211 g/mol. The van der Waals surface area contributed by atoms with Gasteiger partial charge in [0.1, 0.15) is 6.21 Å². The van der Waals surface area contributed by atoms with E-state index in [2.05, 4.69) is 25.8 Å². The predicted octanol–water partition coefficient (Wildman–Crippen LogP) is 2.89. The third-order valence-electron chi connectivity index (χ3n) is 3.50. The van der Waals surface area contributed by atoms with Crippen LogP contribution in [-0.4, -0.2) is 22.8 Å². The summed E-state index contributed by atoms with van der Waals surface area (Å²) in [6, 6.07) is 0. The van der Waals surface area contributed by atoms with Gasteiger partial charge < -0.3 is 5.11 Å². The van der Waals surface area contributed by atoms with Crippen LogP contribution in [0.15, 0.2) is 4.99 Å². The van der Waals surface area contributed by atoms with E-state index >= 15 is 0 Å². The van der Waals surface area contributed by atoms with E-state index in [1.54, 1.807) is 0 Å². The van der Waals surface area contributed by atoms with E-state index in [-0.39, 0.29) is 11.0 Å². The molecule has 0 aromatic rings. The lowest BCUT2D eigenvalue weighted by Crippen LogP contribution is -2.43. The minimum Gasteiger partial charge on any atom is -0.477 e. The van der Waals surface area contributed by atoms with Crippen molar-refractivity contribution in [2.75, 3.05) is 0 Å². The van der Waals surface area contributed by atoms with Crippen molar-refractivity contribution < 1.29 is 9.90 Å². The van der Waals surface area contributed by atoms with Gasteiger partial charge in [0.05, 0.1) is 5.54 Å². The van der Waals surface area contributed by atoms with Crippen LogP contribution >= 0.6 is 0 Å². The third-order valence-corrected chi connectivity index (χ3v) is 3.50. The molecule has 0 unspecified atom stereocenters. The molecular weight excluding hydrogens is 190 g/mol. The molecule has 1 aliphatic rings. The summed E-state index contributed by atoms with van der Waals surface area (Å²) >= 11 is 0. The molecular formula is C12H21NO2. The zero-order chi connectivity index (χ0) is 11.5. The molecule has 0 spiro atoms. The molecule has 0 amide bonds. The number of carboxylic acids is 1. The van der Waals surface area contributed by atoms with Crippen molar-refractivity contribution in [3.63, 3.8) is 0 Å². The number of aliphatic carboxylic acids is 1.